The van der Waals surface area contributed by atoms with E-state index in [1.54, 1.807) is 18.2 Å². The van der Waals surface area contributed by atoms with Crippen LogP contribution in [0.4, 0.5) is 5.69 Å². The molecule has 0 bridgehead atoms. The number of benzene rings is 3. The maximum Gasteiger partial charge on any atom is 0.238 e. The number of carbonyl (C=O) groups excluding carboxylic acids is 3. The first-order chi connectivity index (χ1) is 18.5. The molecule has 5 nitrogen and oxygen atoms in total. The number of amides is 1. The number of fused-ring (bicyclic) bond motifs is 6. The summed E-state index contributed by atoms with van der Waals surface area (Å²) in [7, 11) is 0. The summed E-state index contributed by atoms with van der Waals surface area (Å²) in [6.45, 7) is 0. The molecular formula is C31H21BrN2O3S. The molecular weight excluding hydrogens is 560 g/mol. The number of anilines is 1. The molecule has 1 fully saturated rings. The summed E-state index contributed by atoms with van der Waals surface area (Å²) >= 11 is 4.81. The third-order valence-electron chi connectivity index (χ3n) is 8.01. The molecule has 0 unspecified atom stereocenters. The SMILES string of the molecule is O=C(c1ccc(Br)cc1)[C@@H]1[C@H](C(=O)c2cccs2)N2C=Cc3ccccc3[C@H]2[C@]12C(=O)Nc1ccccc12. The monoisotopic (exact) mass is 580 g/mol. The molecule has 4 atom stereocenters. The van der Waals surface area contributed by atoms with Crippen LogP contribution in [0.2, 0.25) is 0 Å². The third-order valence-corrected chi connectivity index (χ3v) is 9.43. The molecule has 7 heteroatoms. The molecule has 3 aromatic carbocycles. The number of ketones is 2. The number of thiophene rings is 1. The van der Waals surface area contributed by atoms with E-state index in [-0.39, 0.29) is 17.5 Å². The minimum atomic E-state index is -1.31. The van der Waals surface area contributed by atoms with E-state index in [1.165, 1.54) is 11.3 Å². The lowest BCUT2D eigenvalue weighted by molar-refractivity contribution is -0.122. The van der Waals surface area contributed by atoms with Gasteiger partial charge in [0.25, 0.3) is 0 Å². The van der Waals surface area contributed by atoms with E-state index >= 15 is 0 Å². The van der Waals surface area contributed by atoms with Crippen LogP contribution in [0.15, 0.2) is 101 Å². The van der Waals surface area contributed by atoms with Crippen LogP contribution in [-0.2, 0) is 10.2 Å². The predicted octanol–water partition coefficient (Wildman–Crippen LogP) is 6.49. The van der Waals surface area contributed by atoms with Gasteiger partial charge in [-0.1, -0.05) is 76.6 Å². The van der Waals surface area contributed by atoms with Crippen molar-refractivity contribution in [3.8, 4) is 0 Å². The Balaban J connectivity index is 1.55. The number of nitrogens with one attached hydrogen (secondary N) is 1. The quantitative estimate of drug-likeness (QED) is 0.280. The number of Topliss-reactive ketones (excluding diaryl/α,β-unsaturated/α-hetero) is 2. The molecule has 4 heterocycles. The zero-order chi connectivity index (χ0) is 26.0. The maximum absolute atomic E-state index is 14.6. The zero-order valence-corrected chi connectivity index (χ0v) is 22.4. The second kappa shape index (κ2) is 8.61. The highest BCUT2D eigenvalue weighted by Crippen LogP contribution is 2.62. The van der Waals surface area contributed by atoms with E-state index in [4.69, 9.17) is 0 Å². The van der Waals surface area contributed by atoms with Gasteiger partial charge in [0.15, 0.2) is 11.6 Å². The molecule has 1 spiro atoms. The first kappa shape index (κ1) is 23.3. The third kappa shape index (κ3) is 3.12. The molecule has 38 heavy (non-hydrogen) atoms. The minimum absolute atomic E-state index is 0.154. The average molecular weight is 581 g/mol. The molecule has 1 aromatic heterocycles. The molecule has 1 amide bonds. The average Bonchev–Trinajstić information content (AvgIpc) is 3.65. The van der Waals surface area contributed by atoms with Crippen molar-refractivity contribution in [3.63, 3.8) is 0 Å². The fourth-order valence-corrected chi connectivity index (χ4v) is 7.49. The number of carbonyl (C=O) groups is 3. The van der Waals surface area contributed by atoms with E-state index in [1.807, 2.05) is 89.3 Å². The van der Waals surface area contributed by atoms with Gasteiger partial charge in [-0.3, -0.25) is 14.4 Å². The second-order valence-electron chi connectivity index (χ2n) is 9.80. The Morgan fingerprint density at radius 3 is 2.45 bits per heavy atom. The molecule has 3 aliphatic rings. The van der Waals surface area contributed by atoms with Gasteiger partial charge in [-0.2, -0.15) is 0 Å². The van der Waals surface area contributed by atoms with Crippen LogP contribution in [0, 0.1) is 5.92 Å². The van der Waals surface area contributed by atoms with Gasteiger partial charge in [0.2, 0.25) is 5.91 Å². The van der Waals surface area contributed by atoms with Crippen LogP contribution in [-0.4, -0.2) is 28.4 Å². The van der Waals surface area contributed by atoms with Gasteiger partial charge in [-0.25, -0.2) is 0 Å². The first-order valence-corrected chi connectivity index (χ1v) is 14.0. The Hall–Kier alpha value is -3.81. The molecule has 1 saturated heterocycles. The Morgan fingerprint density at radius 2 is 1.66 bits per heavy atom. The van der Waals surface area contributed by atoms with E-state index < -0.39 is 23.4 Å². The van der Waals surface area contributed by atoms with Crippen LogP contribution in [0.3, 0.4) is 0 Å². The van der Waals surface area contributed by atoms with Gasteiger partial charge in [0.1, 0.15) is 11.5 Å². The smallest absolute Gasteiger partial charge is 0.238 e. The second-order valence-corrected chi connectivity index (χ2v) is 11.7. The Labute approximate surface area is 231 Å². The van der Waals surface area contributed by atoms with E-state index in [2.05, 4.69) is 21.2 Å². The van der Waals surface area contributed by atoms with E-state index in [0.29, 0.717) is 16.1 Å². The van der Waals surface area contributed by atoms with Gasteiger partial charge in [0, 0.05) is 21.9 Å². The van der Waals surface area contributed by atoms with Gasteiger partial charge >= 0.3 is 0 Å². The van der Waals surface area contributed by atoms with Crippen molar-refractivity contribution in [2.45, 2.75) is 17.5 Å². The highest BCUT2D eigenvalue weighted by molar-refractivity contribution is 9.10. The summed E-state index contributed by atoms with van der Waals surface area (Å²) in [5.41, 5.74) is 2.50. The summed E-state index contributed by atoms with van der Waals surface area (Å²) in [4.78, 5) is 45.8. The number of hydrogen-bond donors (Lipinski definition) is 1. The van der Waals surface area contributed by atoms with Crippen molar-refractivity contribution >= 4 is 56.5 Å². The highest BCUT2D eigenvalue weighted by atomic mass is 79.9. The first-order valence-electron chi connectivity index (χ1n) is 12.3. The van der Waals surface area contributed by atoms with Crippen LogP contribution < -0.4 is 5.32 Å². The standard InChI is InChI=1S/C31H21BrN2O3S/c32-20-13-11-19(12-14-20)27(35)25-26(28(36)24-10-5-17-38-24)34-16-15-18-6-1-2-7-21(18)29(34)31(25)22-8-3-4-9-23(22)33-30(31)37/h1-17,25-26,29H,(H,33,37)/t25-,26+,29-,31+/m0/s1. The molecule has 0 aliphatic carbocycles. The lowest BCUT2D eigenvalue weighted by Crippen LogP contribution is -2.49. The van der Waals surface area contributed by atoms with Crippen LogP contribution in [0.25, 0.3) is 6.08 Å². The maximum atomic E-state index is 14.6. The Kier molecular flexibility index (Phi) is 5.29. The van der Waals surface area contributed by atoms with E-state index in [0.717, 1.165) is 21.2 Å². The van der Waals surface area contributed by atoms with Crippen molar-refractivity contribution < 1.29 is 14.4 Å². The molecule has 7 rings (SSSR count). The highest BCUT2D eigenvalue weighted by Gasteiger charge is 2.70. The number of hydrogen-bond acceptors (Lipinski definition) is 5. The Morgan fingerprint density at radius 1 is 0.895 bits per heavy atom. The molecule has 1 N–H and O–H groups in total. The topological polar surface area (TPSA) is 66.5 Å². The summed E-state index contributed by atoms with van der Waals surface area (Å²) < 4.78 is 0.847. The van der Waals surface area contributed by atoms with Crippen molar-refractivity contribution in [1.29, 1.82) is 0 Å². The van der Waals surface area contributed by atoms with Crippen molar-refractivity contribution in [2.75, 3.05) is 5.32 Å². The summed E-state index contributed by atoms with van der Waals surface area (Å²) in [5, 5.41) is 4.94. The normalized spacial score (nSPS) is 24.6. The van der Waals surface area contributed by atoms with Crippen molar-refractivity contribution in [3.05, 3.63) is 128 Å². The van der Waals surface area contributed by atoms with Crippen LogP contribution in [0.5, 0.6) is 0 Å². The molecule has 0 radical (unpaired) electrons. The summed E-state index contributed by atoms with van der Waals surface area (Å²) in [6, 6.07) is 24.9. The van der Waals surface area contributed by atoms with Crippen LogP contribution >= 0.6 is 27.3 Å². The molecule has 4 aromatic rings. The minimum Gasteiger partial charge on any atom is -0.358 e. The van der Waals surface area contributed by atoms with Crippen molar-refractivity contribution in [2.24, 2.45) is 5.92 Å². The largest absolute Gasteiger partial charge is 0.358 e. The fraction of sp³-hybridized carbons (Fsp3) is 0.129. The Bertz CT molecular complexity index is 1650. The number of para-hydroxylation sites is 1. The predicted molar refractivity (Wildman–Crippen MR) is 151 cm³/mol. The molecule has 0 saturated carbocycles. The van der Waals surface area contributed by atoms with Gasteiger partial charge in [-0.15, -0.1) is 11.3 Å². The number of rotatable bonds is 4. The lowest BCUT2D eigenvalue weighted by atomic mass is 9.63. The summed E-state index contributed by atoms with van der Waals surface area (Å²) in [6.07, 6.45) is 3.87. The zero-order valence-electron chi connectivity index (χ0n) is 20.0. The lowest BCUT2D eigenvalue weighted by Gasteiger charge is -2.38. The van der Waals surface area contributed by atoms with Crippen LogP contribution in [0.1, 0.15) is 42.8 Å². The fourth-order valence-electron chi connectivity index (χ4n) is 6.53. The number of halogens is 1. The number of nitrogens with zero attached hydrogens (tertiary/aromatic N) is 1. The van der Waals surface area contributed by atoms with Gasteiger partial charge < -0.3 is 10.2 Å². The van der Waals surface area contributed by atoms with Gasteiger partial charge in [0.05, 0.1) is 16.8 Å². The summed E-state index contributed by atoms with van der Waals surface area (Å²) in [5.74, 6) is -1.59. The van der Waals surface area contributed by atoms with Crippen molar-refractivity contribution in [1.82, 2.24) is 4.90 Å². The molecule has 3 aliphatic heterocycles. The molecule has 186 valence electrons. The van der Waals surface area contributed by atoms with E-state index in [9.17, 15) is 14.4 Å². The van der Waals surface area contributed by atoms with Gasteiger partial charge in [-0.05, 0) is 52.4 Å².